The summed E-state index contributed by atoms with van der Waals surface area (Å²) < 4.78 is 7.04. The van der Waals surface area contributed by atoms with E-state index in [2.05, 4.69) is 20.9 Å². The molecule has 0 bridgehead atoms. The molecule has 0 aliphatic heterocycles. The number of carbonyl (C=O) groups excluding carboxylic acids is 1. The predicted molar refractivity (Wildman–Crippen MR) is 92.9 cm³/mol. The normalized spacial score (nSPS) is 15.7. The highest BCUT2D eigenvalue weighted by atomic mass is 79.9. The summed E-state index contributed by atoms with van der Waals surface area (Å²) in [4.78, 5) is 16.7. The van der Waals surface area contributed by atoms with Crippen LogP contribution in [-0.2, 0) is 0 Å². The smallest absolute Gasteiger partial charge is 0.151 e. The quantitative estimate of drug-likeness (QED) is 0.667. The maximum Gasteiger partial charge on any atom is 0.151 e. The van der Waals surface area contributed by atoms with Crippen LogP contribution in [0.3, 0.4) is 0 Å². The number of halogens is 1. The molecule has 0 N–H and O–H groups in total. The Balaban J connectivity index is 1.83. The van der Waals surface area contributed by atoms with Crippen LogP contribution in [0.1, 0.15) is 48.2 Å². The van der Waals surface area contributed by atoms with Gasteiger partial charge in [-0.1, -0.05) is 6.42 Å². The Bertz CT molecular complexity index is 677. The van der Waals surface area contributed by atoms with Crippen molar-refractivity contribution in [3.63, 3.8) is 0 Å². The molecule has 0 amide bonds. The van der Waals surface area contributed by atoms with E-state index in [4.69, 9.17) is 4.74 Å². The molecule has 5 heteroatoms. The molecule has 3 rings (SSSR count). The lowest BCUT2D eigenvalue weighted by Crippen LogP contribution is -2.20. The Kier molecular flexibility index (Phi) is 4.93. The van der Waals surface area contributed by atoms with Crippen LogP contribution in [0.4, 0.5) is 0 Å². The van der Waals surface area contributed by atoms with Gasteiger partial charge in [0.15, 0.2) is 6.29 Å². The summed E-state index contributed by atoms with van der Waals surface area (Å²) in [5.74, 6) is 0.860. The van der Waals surface area contributed by atoms with Gasteiger partial charge < -0.3 is 4.74 Å². The molecule has 1 aliphatic rings. The van der Waals surface area contributed by atoms with E-state index in [1.54, 1.807) is 0 Å². The van der Waals surface area contributed by atoms with Gasteiger partial charge in [-0.2, -0.15) is 0 Å². The number of thiophene rings is 1. The van der Waals surface area contributed by atoms with Crippen molar-refractivity contribution in [3.8, 4) is 16.3 Å². The standard InChI is InChI=1S/C17H18BrNO2S/c1-11-15(21-13-5-3-2-4-6-13)8-7-14(19-11)17-12(10-20)9-16(18)22-17/h7-10,13H,2-6H2,1H3. The van der Waals surface area contributed by atoms with E-state index in [1.807, 2.05) is 25.1 Å². The fourth-order valence-electron chi connectivity index (χ4n) is 2.82. The van der Waals surface area contributed by atoms with Gasteiger partial charge in [0.05, 0.1) is 26.2 Å². The fourth-order valence-corrected chi connectivity index (χ4v) is 4.38. The zero-order valence-electron chi connectivity index (χ0n) is 12.5. The number of rotatable bonds is 4. The minimum Gasteiger partial charge on any atom is -0.489 e. The van der Waals surface area contributed by atoms with Crippen molar-refractivity contribution in [1.29, 1.82) is 0 Å². The third kappa shape index (κ3) is 3.41. The Morgan fingerprint density at radius 3 is 2.77 bits per heavy atom. The fraction of sp³-hybridized carbons (Fsp3) is 0.412. The molecule has 0 spiro atoms. The van der Waals surface area contributed by atoms with E-state index in [0.717, 1.165) is 44.9 Å². The number of nitrogens with zero attached hydrogens (tertiary/aromatic N) is 1. The van der Waals surface area contributed by atoms with E-state index in [-0.39, 0.29) is 0 Å². The summed E-state index contributed by atoms with van der Waals surface area (Å²) in [6.07, 6.45) is 7.28. The summed E-state index contributed by atoms with van der Waals surface area (Å²) in [5.41, 5.74) is 2.38. The van der Waals surface area contributed by atoms with E-state index >= 15 is 0 Å². The lowest BCUT2D eigenvalue weighted by molar-refractivity contribution is 0.112. The molecular formula is C17H18BrNO2S. The Morgan fingerprint density at radius 2 is 2.09 bits per heavy atom. The average Bonchev–Trinajstić information content (AvgIpc) is 2.91. The van der Waals surface area contributed by atoms with Crippen LogP contribution in [0.25, 0.3) is 10.6 Å². The first kappa shape index (κ1) is 15.7. The SMILES string of the molecule is Cc1nc(-c2sc(Br)cc2C=O)ccc1OC1CCCCC1. The molecule has 0 saturated heterocycles. The van der Waals surface area contributed by atoms with Crippen molar-refractivity contribution in [3.05, 3.63) is 33.2 Å². The van der Waals surface area contributed by atoms with Crippen molar-refractivity contribution < 1.29 is 9.53 Å². The second-order valence-electron chi connectivity index (χ2n) is 5.61. The van der Waals surface area contributed by atoms with Gasteiger partial charge in [0.25, 0.3) is 0 Å². The van der Waals surface area contributed by atoms with E-state index in [1.165, 1.54) is 30.6 Å². The van der Waals surface area contributed by atoms with Crippen molar-refractivity contribution in [2.24, 2.45) is 0 Å². The molecule has 1 saturated carbocycles. The highest BCUT2D eigenvalue weighted by Gasteiger charge is 2.17. The van der Waals surface area contributed by atoms with Gasteiger partial charge in [0.1, 0.15) is 5.75 Å². The average molecular weight is 380 g/mol. The molecule has 0 atom stereocenters. The van der Waals surface area contributed by atoms with E-state index in [0.29, 0.717) is 11.7 Å². The van der Waals surface area contributed by atoms with Crippen molar-refractivity contribution in [2.45, 2.75) is 45.1 Å². The van der Waals surface area contributed by atoms with Crippen LogP contribution >= 0.6 is 27.3 Å². The van der Waals surface area contributed by atoms with E-state index in [9.17, 15) is 4.79 Å². The molecule has 0 radical (unpaired) electrons. The highest BCUT2D eigenvalue weighted by molar-refractivity contribution is 9.11. The van der Waals surface area contributed by atoms with Gasteiger partial charge in [-0.05, 0) is 66.7 Å². The predicted octanol–water partition coefficient (Wildman–Crippen LogP) is 5.41. The van der Waals surface area contributed by atoms with Crippen molar-refractivity contribution in [2.75, 3.05) is 0 Å². The minimum absolute atomic E-state index is 0.321. The first-order valence-electron chi connectivity index (χ1n) is 7.56. The molecule has 22 heavy (non-hydrogen) atoms. The minimum atomic E-state index is 0.321. The summed E-state index contributed by atoms with van der Waals surface area (Å²) >= 11 is 4.95. The van der Waals surface area contributed by atoms with Crippen LogP contribution in [0, 0.1) is 6.92 Å². The molecule has 0 unspecified atom stereocenters. The van der Waals surface area contributed by atoms with Gasteiger partial charge in [-0.15, -0.1) is 11.3 Å². The van der Waals surface area contributed by atoms with Crippen LogP contribution in [0.5, 0.6) is 5.75 Å². The monoisotopic (exact) mass is 379 g/mol. The molecule has 2 aromatic rings. The summed E-state index contributed by atoms with van der Waals surface area (Å²) in [7, 11) is 0. The molecule has 3 nitrogen and oxygen atoms in total. The first-order chi connectivity index (χ1) is 10.7. The largest absolute Gasteiger partial charge is 0.489 e. The number of aromatic nitrogens is 1. The third-order valence-electron chi connectivity index (χ3n) is 3.97. The van der Waals surface area contributed by atoms with Crippen molar-refractivity contribution >= 4 is 33.6 Å². The number of carbonyl (C=O) groups is 1. The Labute approximate surface area is 142 Å². The second-order valence-corrected chi connectivity index (χ2v) is 8.04. The van der Waals surface area contributed by atoms with Gasteiger partial charge in [-0.25, -0.2) is 4.98 Å². The summed E-state index contributed by atoms with van der Waals surface area (Å²) in [6.45, 7) is 1.96. The zero-order chi connectivity index (χ0) is 15.5. The van der Waals surface area contributed by atoms with Crippen LogP contribution in [-0.4, -0.2) is 17.4 Å². The van der Waals surface area contributed by atoms with Crippen molar-refractivity contribution in [1.82, 2.24) is 4.98 Å². The second kappa shape index (κ2) is 6.92. The summed E-state index contributed by atoms with van der Waals surface area (Å²) in [6, 6.07) is 5.75. The van der Waals surface area contributed by atoms with Gasteiger partial charge in [0, 0.05) is 5.56 Å². The maximum atomic E-state index is 11.2. The highest BCUT2D eigenvalue weighted by Crippen LogP contribution is 2.35. The number of pyridine rings is 1. The lowest BCUT2D eigenvalue weighted by Gasteiger charge is -2.23. The first-order valence-corrected chi connectivity index (χ1v) is 9.17. The molecule has 1 fully saturated rings. The van der Waals surface area contributed by atoms with Gasteiger partial charge in [-0.3, -0.25) is 4.79 Å². The Hall–Kier alpha value is -1.20. The lowest BCUT2D eigenvalue weighted by atomic mass is 9.98. The molecule has 1 aliphatic carbocycles. The number of ether oxygens (including phenoxy) is 1. The molecule has 2 heterocycles. The molecular weight excluding hydrogens is 362 g/mol. The third-order valence-corrected chi connectivity index (χ3v) is 5.65. The topological polar surface area (TPSA) is 39.2 Å². The van der Waals surface area contributed by atoms with Crippen LogP contribution < -0.4 is 4.74 Å². The van der Waals surface area contributed by atoms with Crippen LogP contribution in [0.2, 0.25) is 0 Å². The van der Waals surface area contributed by atoms with E-state index < -0.39 is 0 Å². The molecule has 0 aromatic carbocycles. The van der Waals surface area contributed by atoms with Crippen LogP contribution in [0.15, 0.2) is 22.0 Å². The molecule has 116 valence electrons. The van der Waals surface area contributed by atoms with Gasteiger partial charge in [0.2, 0.25) is 0 Å². The van der Waals surface area contributed by atoms with Gasteiger partial charge >= 0.3 is 0 Å². The number of aldehydes is 1. The number of hydrogen-bond acceptors (Lipinski definition) is 4. The number of hydrogen-bond donors (Lipinski definition) is 0. The zero-order valence-corrected chi connectivity index (χ0v) is 14.9. The maximum absolute atomic E-state index is 11.2. The molecule has 2 aromatic heterocycles. The summed E-state index contributed by atoms with van der Waals surface area (Å²) in [5, 5.41) is 0. The Morgan fingerprint density at radius 1 is 1.32 bits per heavy atom. The number of aryl methyl sites for hydroxylation is 1.